The van der Waals surface area contributed by atoms with Gasteiger partial charge in [0, 0.05) is 23.7 Å². The molecule has 102 valence electrons. The summed E-state index contributed by atoms with van der Waals surface area (Å²) in [4.78, 5) is 9.68. The van der Waals surface area contributed by atoms with Crippen molar-refractivity contribution in [2.24, 2.45) is 0 Å². The van der Waals surface area contributed by atoms with Gasteiger partial charge >= 0.3 is 0 Å². The Labute approximate surface area is 120 Å². The molecule has 0 atom stereocenters. The van der Waals surface area contributed by atoms with Crippen molar-refractivity contribution in [1.82, 2.24) is 15.1 Å². The molecule has 0 spiro atoms. The Morgan fingerprint density at radius 1 is 1.35 bits per heavy atom. The number of pyridine rings is 1. The Morgan fingerprint density at radius 2 is 2.20 bits per heavy atom. The van der Waals surface area contributed by atoms with Gasteiger partial charge in [0.05, 0.1) is 10.6 Å². The number of nitrogens with zero attached hydrogens (tertiary/aromatic N) is 3. The van der Waals surface area contributed by atoms with E-state index < -0.39 is 0 Å². The predicted octanol–water partition coefficient (Wildman–Crippen LogP) is 2.98. The quantitative estimate of drug-likeness (QED) is 0.800. The van der Waals surface area contributed by atoms with Gasteiger partial charge < -0.3 is 10.3 Å². The second-order valence-corrected chi connectivity index (χ2v) is 5.83. The molecule has 0 aliphatic heterocycles. The smallest absolute Gasteiger partial charge is 0.261 e. The minimum atomic E-state index is 0.489. The van der Waals surface area contributed by atoms with Crippen LogP contribution in [-0.2, 0) is 6.42 Å². The highest BCUT2D eigenvalue weighted by atomic mass is 32.1. The molecule has 0 fully saturated rings. The van der Waals surface area contributed by atoms with Crippen LogP contribution in [-0.4, -0.2) is 15.1 Å². The molecule has 0 unspecified atom stereocenters. The number of anilines is 1. The molecule has 0 saturated heterocycles. The van der Waals surface area contributed by atoms with Crippen molar-refractivity contribution in [2.45, 2.75) is 20.3 Å². The highest BCUT2D eigenvalue weighted by Gasteiger charge is 2.18. The molecule has 0 aliphatic rings. The normalized spacial score (nSPS) is 10.9. The van der Waals surface area contributed by atoms with Gasteiger partial charge in [-0.25, -0.2) is 0 Å². The van der Waals surface area contributed by atoms with Crippen molar-refractivity contribution in [3.8, 4) is 11.5 Å². The second kappa shape index (κ2) is 5.05. The van der Waals surface area contributed by atoms with E-state index in [1.54, 1.807) is 23.7 Å². The first kappa shape index (κ1) is 12.8. The number of hydrogen-bond donors (Lipinski definition) is 1. The van der Waals surface area contributed by atoms with Gasteiger partial charge in [-0.3, -0.25) is 4.98 Å². The molecule has 0 aliphatic carbocycles. The summed E-state index contributed by atoms with van der Waals surface area (Å²) in [7, 11) is 0. The summed E-state index contributed by atoms with van der Waals surface area (Å²) in [6, 6.07) is 3.87. The summed E-state index contributed by atoms with van der Waals surface area (Å²) in [6.45, 7) is 4.05. The number of hydrogen-bond acceptors (Lipinski definition) is 6. The maximum atomic E-state index is 6.02. The maximum absolute atomic E-state index is 6.02. The van der Waals surface area contributed by atoms with Crippen LogP contribution in [0.3, 0.4) is 0 Å². The van der Waals surface area contributed by atoms with Crippen molar-refractivity contribution in [3.05, 3.63) is 46.4 Å². The van der Waals surface area contributed by atoms with Crippen LogP contribution in [0, 0.1) is 13.8 Å². The highest BCUT2D eigenvalue weighted by Crippen LogP contribution is 2.37. The average molecular weight is 286 g/mol. The number of nitrogen functional groups attached to an aromatic ring is 1. The van der Waals surface area contributed by atoms with Gasteiger partial charge in [0.25, 0.3) is 5.89 Å². The van der Waals surface area contributed by atoms with Crippen molar-refractivity contribution in [2.75, 3.05) is 5.73 Å². The molecule has 0 radical (unpaired) electrons. The monoisotopic (exact) mass is 286 g/mol. The predicted molar refractivity (Wildman–Crippen MR) is 78.5 cm³/mol. The van der Waals surface area contributed by atoms with Crippen LogP contribution in [0.25, 0.3) is 11.5 Å². The lowest BCUT2D eigenvalue weighted by molar-refractivity contribution is 0.424. The van der Waals surface area contributed by atoms with Crippen molar-refractivity contribution in [3.63, 3.8) is 0 Å². The van der Waals surface area contributed by atoms with Crippen molar-refractivity contribution < 1.29 is 4.52 Å². The summed E-state index contributed by atoms with van der Waals surface area (Å²) in [6.07, 6.45) is 4.13. The number of rotatable bonds is 3. The zero-order valence-corrected chi connectivity index (χ0v) is 12.1. The van der Waals surface area contributed by atoms with Crippen LogP contribution in [0.2, 0.25) is 0 Å². The van der Waals surface area contributed by atoms with E-state index in [2.05, 4.69) is 15.1 Å². The van der Waals surface area contributed by atoms with Crippen molar-refractivity contribution in [1.29, 1.82) is 0 Å². The topological polar surface area (TPSA) is 77.8 Å². The number of thiophene rings is 1. The van der Waals surface area contributed by atoms with Crippen LogP contribution in [0.4, 0.5) is 5.00 Å². The molecular weight excluding hydrogens is 272 g/mol. The summed E-state index contributed by atoms with van der Waals surface area (Å²) < 4.78 is 5.34. The first-order valence-corrected chi connectivity index (χ1v) is 7.04. The number of aryl methyl sites for hydroxylation is 1. The van der Waals surface area contributed by atoms with Crippen LogP contribution >= 0.6 is 11.3 Å². The zero-order chi connectivity index (χ0) is 14.1. The van der Waals surface area contributed by atoms with Crippen LogP contribution < -0.4 is 5.73 Å². The summed E-state index contributed by atoms with van der Waals surface area (Å²) >= 11 is 1.54. The van der Waals surface area contributed by atoms with Crippen LogP contribution in [0.1, 0.15) is 21.8 Å². The molecule has 3 heterocycles. The zero-order valence-electron chi connectivity index (χ0n) is 11.3. The minimum Gasteiger partial charge on any atom is -0.390 e. The third kappa shape index (κ3) is 2.30. The standard InChI is InChI=1S/C14H14N4OS/c1-8-9(2)20-13(15)12(8)14-17-11(18-19-14)6-10-4-3-5-16-7-10/h3-5,7H,6,15H2,1-2H3. The third-order valence-electron chi connectivity index (χ3n) is 3.18. The Morgan fingerprint density at radius 3 is 2.85 bits per heavy atom. The SMILES string of the molecule is Cc1sc(N)c(-c2nc(Cc3cccnc3)no2)c1C. The third-order valence-corrected chi connectivity index (χ3v) is 4.22. The lowest BCUT2D eigenvalue weighted by Crippen LogP contribution is -1.92. The molecule has 0 saturated carbocycles. The van der Waals surface area contributed by atoms with Crippen molar-refractivity contribution >= 4 is 16.3 Å². The Kier molecular flexibility index (Phi) is 3.23. The molecule has 20 heavy (non-hydrogen) atoms. The summed E-state index contributed by atoms with van der Waals surface area (Å²) in [5, 5.41) is 4.73. The first-order chi connectivity index (χ1) is 9.65. The van der Waals surface area contributed by atoms with E-state index >= 15 is 0 Å². The van der Waals surface area contributed by atoms with E-state index in [1.807, 2.05) is 26.0 Å². The van der Waals surface area contributed by atoms with Gasteiger partial charge in [0.1, 0.15) is 0 Å². The average Bonchev–Trinajstić information content (AvgIpc) is 2.97. The fourth-order valence-corrected chi connectivity index (χ4v) is 2.96. The van der Waals surface area contributed by atoms with Gasteiger partial charge in [-0.1, -0.05) is 11.2 Å². The number of aromatic nitrogens is 3. The highest BCUT2D eigenvalue weighted by molar-refractivity contribution is 7.16. The molecule has 5 nitrogen and oxygen atoms in total. The molecule has 3 aromatic heterocycles. The molecular formula is C14H14N4OS. The molecule has 6 heteroatoms. The summed E-state index contributed by atoms with van der Waals surface area (Å²) in [5.41, 5.74) is 9.02. The van der Waals surface area contributed by atoms with Gasteiger partial charge in [-0.05, 0) is 31.0 Å². The molecule has 3 rings (SSSR count). The van der Waals surface area contributed by atoms with Crippen LogP contribution in [0.5, 0.6) is 0 Å². The van der Waals surface area contributed by atoms with Gasteiger partial charge in [-0.2, -0.15) is 4.98 Å². The van der Waals surface area contributed by atoms with E-state index in [0.717, 1.165) is 21.7 Å². The van der Waals surface area contributed by atoms with E-state index in [0.29, 0.717) is 18.1 Å². The van der Waals surface area contributed by atoms with E-state index in [-0.39, 0.29) is 0 Å². The van der Waals surface area contributed by atoms with Gasteiger partial charge in [0.2, 0.25) is 0 Å². The summed E-state index contributed by atoms with van der Waals surface area (Å²) in [5.74, 6) is 1.12. The molecule has 0 aromatic carbocycles. The van der Waals surface area contributed by atoms with Gasteiger partial charge in [-0.15, -0.1) is 11.3 Å². The lowest BCUT2D eigenvalue weighted by Gasteiger charge is -1.95. The van der Waals surface area contributed by atoms with Gasteiger partial charge in [0.15, 0.2) is 5.82 Å². The fraction of sp³-hybridized carbons (Fsp3) is 0.214. The van der Waals surface area contributed by atoms with Crippen LogP contribution in [0.15, 0.2) is 29.0 Å². The lowest BCUT2D eigenvalue weighted by atomic mass is 10.1. The molecule has 0 amide bonds. The fourth-order valence-electron chi connectivity index (χ4n) is 2.03. The Bertz CT molecular complexity index is 733. The largest absolute Gasteiger partial charge is 0.390 e. The first-order valence-electron chi connectivity index (χ1n) is 6.22. The Hall–Kier alpha value is -2.21. The molecule has 0 bridgehead atoms. The molecule has 3 aromatic rings. The van der Waals surface area contributed by atoms with E-state index in [1.165, 1.54) is 4.88 Å². The second-order valence-electron chi connectivity index (χ2n) is 4.58. The van der Waals surface area contributed by atoms with E-state index in [4.69, 9.17) is 10.3 Å². The number of nitrogens with two attached hydrogens (primary N) is 1. The van der Waals surface area contributed by atoms with E-state index in [9.17, 15) is 0 Å². The Balaban J connectivity index is 1.91. The maximum Gasteiger partial charge on any atom is 0.261 e. The minimum absolute atomic E-state index is 0.489. The molecule has 2 N–H and O–H groups in total.